The van der Waals surface area contributed by atoms with Crippen LogP contribution in [0.5, 0.6) is 0 Å². The average molecular weight is 190 g/mol. The zero-order valence-corrected chi connectivity index (χ0v) is 7.94. The van der Waals surface area contributed by atoms with Gasteiger partial charge in [0.15, 0.2) is 0 Å². The Labute approximate surface area is 83.3 Å². The summed E-state index contributed by atoms with van der Waals surface area (Å²) in [4.78, 5) is 10.8. The first-order valence-corrected chi connectivity index (χ1v) is 4.86. The molecule has 0 aromatic heterocycles. The molecule has 0 fully saturated rings. The molecule has 0 bridgehead atoms. The molecule has 0 spiro atoms. The van der Waals surface area contributed by atoms with Crippen molar-refractivity contribution in [2.45, 2.75) is 24.9 Å². The van der Waals surface area contributed by atoms with E-state index in [0.717, 1.165) is 24.8 Å². The van der Waals surface area contributed by atoms with E-state index >= 15 is 0 Å². The first-order valence-electron chi connectivity index (χ1n) is 4.86. The van der Waals surface area contributed by atoms with Gasteiger partial charge in [-0.05, 0) is 24.5 Å². The van der Waals surface area contributed by atoms with Gasteiger partial charge in [0.2, 0.25) is 0 Å². The highest BCUT2D eigenvalue weighted by atomic mass is 16.1. The van der Waals surface area contributed by atoms with Crippen LogP contribution in [0.3, 0.4) is 0 Å². The molecule has 3 N–H and O–H groups in total. The van der Waals surface area contributed by atoms with Crippen molar-refractivity contribution >= 4 is 12.0 Å². The number of aryl methyl sites for hydroxylation is 1. The Morgan fingerprint density at radius 2 is 2.21 bits per heavy atom. The van der Waals surface area contributed by atoms with Crippen molar-refractivity contribution in [2.75, 3.05) is 5.32 Å². The second-order valence-electron chi connectivity index (χ2n) is 3.67. The predicted octanol–water partition coefficient (Wildman–Crippen LogP) is 0.939. The van der Waals surface area contributed by atoms with E-state index in [0.29, 0.717) is 0 Å². The summed E-state index contributed by atoms with van der Waals surface area (Å²) >= 11 is 0. The molecule has 14 heavy (non-hydrogen) atoms. The molecule has 0 saturated heterocycles. The second-order valence-corrected chi connectivity index (χ2v) is 3.67. The molecule has 0 amide bonds. The highest BCUT2D eigenvalue weighted by Crippen LogP contribution is 2.22. The van der Waals surface area contributed by atoms with E-state index in [9.17, 15) is 4.79 Å². The summed E-state index contributed by atoms with van der Waals surface area (Å²) in [6, 6.07) is 7.70. The highest BCUT2D eigenvalue weighted by Gasteiger charge is 2.21. The van der Waals surface area contributed by atoms with Crippen LogP contribution in [0.15, 0.2) is 24.3 Å². The van der Waals surface area contributed by atoms with Gasteiger partial charge in [-0.25, -0.2) is 0 Å². The molecule has 0 saturated carbocycles. The molecular formula is C11H14N2O. The Balaban J connectivity index is 2.30. The van der Waals surface area contributed by atoms with Crippen LogP contribution in [0.1, 0.15) is 12.0 Å². The lowest BCUT2D eigenvalue weighted by atomic mass is 10.0. The van der Waals surface area contributed by atoms with Crippen LogP contribution >= 0.6 is 0 Å². The molecule has 2 unspecified atom stereocenters. The van der Waals surface area contributed by atoms with Crippen molar-refractivity contribution in [3.63, 3.8) is 0 Å². The maximum Gasteiger partial charge on any atom is 0.143 e. The van der Waals surface area contributed by atoms with Crippen LogP contribution < -0.4 is 11.1 Å². The Morgan fingerprint density at radius 1 is 1.43 bits per heavy atom. The molecule has 3 heteroatoms. The van der Waals surface area contributed by atoms with E-state index in [-0.39, 0.29) is 12.1 Å². The number of carbonyl (C=O) groups excluding carboxylic acids is 1. The Morgan fingerprint density at radius 3 is 3.00 bits per heavy atom. The first-order chi connectivity index (χ1) is 6.81. The Kier molecular flexibility index (Phi) is 2.50. The van der Waals surface area contributed by atoms with Gasteiger partial charge in [0.25, 0.3) is 0 Å². The monoisotopic (exact) mass is 190 g/mol. The summed E-state index contributed by atoms with van der Waals surface area (Å²) in [5.41, 5.74) is 8.16. The van der Waals surface area contributed by atoms with Crippen LogP contribution in [0.4, 0.5) is 5.69 Å². The molecule has 1 heterocycles. The number of anilines is 1. The van der Waals surface area contributed by atoms with Gasteiger partial charge in [0.05, 0.1) is 6.04 Å². The van der Waals surface area contributed by atoms with Crippen LogP contribution in [0, 0.1) is 0 Å². The van der Waals surface area contributed by atoms with Gasteiger partial charge in [0, 0.05) is 11.7 Å². The summed E-state index contributed by atoms with van der Waals surface area (Å²) in [5.74, 6) is 0. The number of aldehydes is 1. The number of para-hydroxylation sites is 1. The molecule has 2 atom stereocenters. The van der Waals surface area contributed by atoms with Gasteiger partial charge in [0.1, 0.15) is 6.29 Å². The predicted molar refractivity (Wildman–Crippen MR) is 56.2 cm³/mol. The van der Waals surface area contributed by atoms with Gasteiger partial charge in [-0.3, -0.25) is 0 Å². The molecule has 0 aliphatic carbocycles. The molecule has 0 radical (unpaired) electrons. The zero-order chi connectivity index (χ0) is 9.97. The number of hydrogen-bond donors (Lipinski definition) is 2. The van der Waals surface area contributed by atoms with Crippen LogP contribution in [-0.2, 0) is 11.2 Å². The summed E-state index contributed by atoms with van der Waals surface area (Å²) in [5, 5.41) is 3.17. The van der Waals surface area contributed by atoms with Crippen molar-refractivity contribution in [3.05, 3.63) is 29.8 Å². The lowest BCUT2D eigenvalue weighted by Gasteiger charge is -2.17. The van der Waals surface area contributed by atoms with Crippen LogP contribution in [0.2, 0.25) is 0 Å². The third-order valence-corrected chi connectivity index (χ3v) is 2.69. The van der Waals surface area contributed by atoms with Crippen LogP contribution in [-0.4, -0.2) is 18.4 Å². The molecule has 1 aromatic rings. The minimum Gasteiger partial charge on any atom is -0.374 e. The molecule has 3 nitrogen and oxygen atoms in total. The fourth-order valence-corrected chi connectivity index (χ4v) is 1.80. The first kappa shape index (κ1) is 9.21. The van der Waals surface area contributed by atoms with Gasteiger partial charge >= 0.3 is 0 Å². The average Bonchev–Trinajstić information content (AvgIpc) is 2.38. The number of hydrogen-bond acceptors (Lipinski definition) is 3. The lowest BCUT2D eigenvalue weighted by Crippen LogP contribution is -2.40. The van der Waals surface area contributed by atoms with Gasteiger partial charge in [-0.1, -0.05) is 18.2 Å². The van der Waals surface area contributed by atoms with Crippen LogP contribution in [0.25, 0.3) is 0 Å². The fraction of sp³-hybridized carbons (Fsp3) is 0.364. The van der Waals surface area contributed by atoms with E-state index < -0.39 is 0 Å². The van der Waals surface area contributed by atoms with Crippen molar-refractivity contribution < 1.29 is 4.79 Å². The van der Waals surface area contributed by atoms with Crippen molar-refractivity contribution in [2.24, 2.45) is 5.73 Å². The molecule has 74 valence electrons. The van der Waals surface area contributed by atoms with Crippen molar-refractivity contribution in [1.29, 1.82) is 0 Å². The van der Waals surface area contributed by atoms with E-state index in [1.165, 1.54) is 5.56 Å². The standard InChI is InChI=1S/C11H14N2O/c12-9-6-5-8-3-1-2-4-10(8)13-11(9)7-14/h1-4,7,9,11,13H,5-6,12H2. The molecule has 1 aliphatic heterocycles. The zero-order valence-electron chi connectivity index (χ0n) is 7.94. The van der Waals surface area contributed by atoms with E-state index in [4.69, 9.17) is 5.73 Å². The topological polar surface area (TPSA) is 55.1 Å². The number of rotatable bonds is 1. The molecule has 1 aromatic carbocycles. The number of carbonyl (C=O) groups is 1. The maximum atomic E-state index is 10.8. The molecular weight excluding hydrogens is 176 g/mol. The number of nitrogens with two attached hydrogens (primary N) is 1. The van der Waals surface area contributed by atoms with Gasteiger partial charge in [-0.2, -0.15) is 0 Å². The smallest absolute Gasteiger partial charge is 0.143 e. The van der Waals surface area contributed by atoms with Crippen molar-refractivity contribution in [3.8, 4) is 0 Å². The molecule has 1 aliphatic rings. The fourth-order valence-electron chi connectivity index (χ4n) is 1.80. The lowest BCUT2D eigenvalue weighted by molar-refractivity contribution is -0.108. The Bertz CT molecular complexity index is 338. The van der Waals surface area contributed by atoms with Gasteiger partial charge < -0.3 is 15.8 Å². The molecule has 2 rings (SSSR count). The quantitative estimate of drug-likeness (QED) is 0.648. The number of fused-ring (bicyclic) bond motifs is 1. The maximum absolute atomic E-state index is 10.8. The number of benzene rings is 1. The third-order valence-electron chi connectivity index (χ3n) is 2.69. The summed E-state index contributed by atoms with van der Waals surface area (Å²) in [7, 11) is 0. The van der Waals surface area contributed by atoms with E-state index in [1.807, 2.05) is 18.2 Å². The SMILES string of the molecule is NC1CCc2ccccc2NC1C=O. The minimum atomic E-state index is -0.251. The summed E-state index contributed by atoms with van der Waals surface area (Å²) in [6.45, 7) is 0. The summed E-state index contributed by atoms with van der Waals surface area (Å²) in [6.07, 6.45) is 2.69. The van der Waals surface area contributed by atoms with E-state index in [1.54, 1.807) is 0 Å². The Hall–Kier alpha value is -1.35. The van der Waals surface area contributed by atoms with E-state index in [2.05, 4.69) is 11.4 Å². The highest BCUT2D eigenvalue weighted by molar-refractivity contribution is 5.68. The minimum absolute atomic E-state index is 0.0834. The second kappa shape index (κ2) is 3.80. The van der Waals surface area contributed by atoms with Crippen molar-refractivity contribution in [1.82, 2.24) is 0 Å². The summed E-state index contributed by atoms with van der Waals surface area (Å²) < 4.78 is 0. The normalized spacial score (nSPS) is 25.8. The third kappa shape index (κ3) is 1.63. The number of nitrogens with one attached hydrogen (secondary N) is 1. The van der Waals surface area contributed by atoms with Gasteiger partial charge in [-0.15, -0.1) is 0 Å². The largest absolute Gasteiger partial charge is 0.374 e.